The van der Waals surface area contributed by atoms with Crippen molar-refractivity contribution in [1.82, 2.24) is 4.98 Å². The summed E-state index contributed by atoms with van der Waals surface area (Å²) >= 11 is 10.2. The van der Waals surface area contributed by atoms with Gasteiger partial charge < -0.3 is 0 Å². The van der Waals surface area contributed by atoms with E-state index in [9.17, 15) is 22.4 Å². The summed E-state index contributed by atoms with van der Waals surface area (Å²) in [6.45, 7) is 0. The minimum atomic E-state index is -4.46. The molecule has 1 aromatic heterocycles. The molecule has 0 fully saturated rings. The Labute approximate surface area is 174 Å². The average molecular weight is 494 g/mol. The van der Waals surface area contributed by atoms with Crippen molar-refractivity contribution in [3.8, 4) is 0 Å². The van der Waals surface area contributed by atoms with Crippen molar-refractivity contribution in [3.05, 3.63) is 79.5 Å². The molecule has 0 aliphatic heterocycles. The van der Waals surface area contributed by atoms with Crippen LogP contribution in [0.4, 0.5) is 22.7 Å². The van der Waals surface area contributed by atoms with E-state index in [-0.39, 0.29) is 26.6 Å². The number of thiazole rings is 1. The molecule has 2 aromatic carbocycles. The highest BCUT2D eigenvalue weighted by atomic mass is 79.9. The van der Waals surface area contributed by atoms with Gasteiger partial charge >= 0.3 is 6.18 Å². The third kappa shape index (κ3) is 4.89. The van der Waals surface area contributed by atoms with Crippen LogP contribution in [0, 0.1) is 5.82 Å². The minimum absolute atomic E-state index is 0.135. The van der Waals surface area contributed by atoms with Crippen LogP contribution in [0.1, 0.15) is 26.4 Å². The topological polar surface area (TPSA) is 42.0 Å². The Morgan fingerprint density at radius 2 is 1.96 bits per heavy atom. The van der Waals surface area contributed by atoms with Crippen molar-refractivity contribution in [2.75, 3.05) is 5.32 Å². The number of hydrogen-bond donors (Lipinski definition) is 1. The molecule has 3 aromatic rings. The molecule has 0 aliphatic carbocycles. The standard InChI is InChI=1S/C18H10BrClF4N2OS/c19-14-7-11(21)2-3-13(14)16(27)26-17-25-8-12(28-17)6-9-5-10(18(22,23)24)1-4-15(9)20/h1-5,7-8H,6H2,(H,25,26,27). The van der Waals surface area contributed by atoms with Gasteiger partial charge in [-0.2, -0.15) is 13.2 Å². The van der Waals surface area contributed by atoms with Crippen molar-refractivity contribution in [2.24, 2.45) is 0 Å². The van der Waals surface area contributed by atoms with Crippen molar-refractivity contribution in [2.45, 2.75) is 12.6 Å². The van der Waals surface area contributed by atoms with Gasteiger partial charge in [0.1, 0.15) is 5.82 Å². The molecule has 0 atom stereocenters. The van der Waals surface area contributed by atoms with E-state index in [4.69, 9.17) is 11.6 Å². The number of carbonyl (C=O) groups excluding carboxylic acids is 1. The lowest BCUT2D eigenvalue weighted by atomic mass is 10.1. The quantitative estimate of drug-likeness (QED) is 0.418. The van der Waals surface area contributed by atoms with E-state index in [1.54, 1.807) is 0 Å². The van der Waals surface area contributed by atoms with Crippen LogP contribution in [-0.4, -0.2) is 10.9 Å². The molecule has 3 rings (SSSR count). The largest absolute Gasteiger partial charge is 0.416 e. The van der Waals surface area contributed by atoms with Crippen molar-refractivity contribution < 1.29 is 22.4 Å². The summed E-state index contributed by atoms with van der Waals surface area (Å²) in [5.41, 5.74) is -0.260. The van der Waals surface area contributed by atoms with E-state index in [0.717, 1.165) is 35.6 Å². The van der Waals surface area contributed by atoms with Crippen LogP contribution in [0.5, 0.6) is 0 Å². The lowest BCUT2D eigenvalue weighted by molar-refractivity contribution is -0.137. The minimum Gasteiger partial charge on any atom is -0.298 e. The summed E-state index contributed by atoms with van der Waals surface area (Å²) < 4.78 is 52.1. The predicted molar refractivity (Wildman–Crippen MR) is 103 cm³/mol. The van der Waals surface area contributed by atoms with Gasteiger partial charge in [0.25, 0.3) is 5.91 Å². The van der Waals surface area contributed by atoms with E-state index in [2.05, 4.69) is 26.2 Å². The first-order valence-corrected chi connectivity index (χ1v) is 9.69. The number of alkyl halides is 3. The molecule has 0 radical (unpaired) electrons. The molecule has 1 N–H and O–H groups in total. The number of benzene rings is 2. The Bertz CT molecular complexity index is 1040. The summed E-state index contributed by atoms with van der Waals surface area (Å²) in [5.74, 6) is -0.984. The number of amides is 1. The maximum atomic E-state index is 13.1. The van der Waals surface area contributed by atoms with E-state index >= 15 is 0 Å². The molecule has 0 aliphatic rings. The summed E-state index contributed by atoms with van der Waals surface area (Å²) in [4.78, 5) is 17.0. The number of nitrogens with one attached hydrogen (secondary N) is 1. The van der Waals surface area contributed by atoms with Crippen LogP contribution in [0.15, 0.2) is 47.1 Å². The Kier molecular flexibility index (Phi) is 6.07. The smallest absolute Gasteiger partial charge is 0.298 e. The van der Waals surface area contributed by atoms with Gasteiger partial charge in [-0.05, 0) is 57.9 Å². The van der Waals surface area contributed by atoms with Gasteiger partial charge in [-0.15, -0.1) is 11.3 Å². The second kappa shape index (κ2) is 8.18. The molecule has 1 heterocycles. The first-order valence-electron chi connectivity index (χ1n) is 7.70. The molecular weight excluding hydrogens is 484 g/mol. The van der Waals surface area contributed by atoms with Gasteiger partial charge in [0.15, 0.2) is 5.13 Å². The van der Waals surface area contributed by atoms with E-state index < -0.39 is 23.5 Å². The number of nitrogens with zero attached hydrogens (tertiary/aromatic N) is 1. The van der Waals surface area contributed by atoms with Crippen molar-refractivity contribution >= 4 is 49.9 Å². The lowest BCUT2D eigenvalue weighted by Crippen LogP contribution is -2.12. The summed E-state index contributed by atoms with van der Waals surface area (Å²) in [7, 11) is 0. The molecule has 0 spiro atoms. The van der Waals surface area contributed by atoms with E-state index in [1.165, 1.54) is 18.3 Å². The molecule has 0 saturated heterocycles. The van der Waals surface area contributed by atoms with Crippen molar-refractivity contribution in [3.63, 3.8) is 0 Å². The molecular formula is C18H10BrClF4N2OS. The number of carbonyl (C=O) groups is 1. The van der Waals surface area contributed by atoms with Crippen molar-refractivity contribution in [1.29, 1.82) is 0 Å². The molecule has 1 amide bonds. The normalized spacial score (nSPS) is 11.5. The molecule has 10 heteroatoms. The number of aromatic nitrogens is 1. The Balaban J connectivity index is 1.75. The van der Waals surface area contributed by atoms with Crippen LogP contribution in [0.3, 0.4) is 0 Å². The number of hydrogen-bond acceptors (Lipinski definition) is 3. The monoisotopic (exact) mass is 492 g/mol. The van der Waals surface area contributed by atoms with Crippen LogP contribution >= 0.6 is 38.9 Å². The molecule has 3 nitrogen and oxygen atoms in total. The number of halogens is 6. The second-order valence-electron chi connectivity index (χ2n) is 5.69. The zero-order valence-corrected chi connectivity index (χ0v) is 16.9. The van der Waals surface area contributed by atoms with Gasteiger partial charge in [-0.25, -0.2) is 9.37 Å². The highest BCUT2D eigenvalue weighted by Crippen LogP contribution is 2.33. The number of anilines is 1. The zero-order chi connectivity index (χ0) is 20.5. The first-order chi connectivity index (χ1) is 13.1. The average Bonchev–Trinajstić information content (AvgIpc) is 3.02. The van der Waals surface area contributed by atoms with E-state index in [1.807, 2.05) is 0 Å². The fourth-order valence-corrected chi connectivity index (χ4v) is 3.91. The third-order valence-corrected chi connectivity index (χ3v) is 5.63. The van der Waals surface area contributed by atoms with Gasteiger partial charge in [0.05, 0.1) is 11.1 Å². The lowest BCUT2D eigenvalue weighted by Gasteiger charge is -2.09. The van der Waals surface area contributed by atoms with Crippen LogP contribution < -0.4 is 5.32 Å². The first kappa shape index (κ1) is 20.8. The number of rotatable bonds is 4. The molecule has 0 saturated carbocycles. The summed E-state index contributed by atoms with van der Waals surface area (Å²) in [5, 5.41) is 3.05. The highest BCUT2D eigenvalue weighted by Gasteiger charge is 2.31. The van der Waals surface area contributed by atoms with Gasteiger partial charge in [0.2, 0.25) is 0 Å². The van der Waals surface area contributed by atoms with Crippen LogP contribution in [0.2, 0.25) is 5.02 Å². The molecule has 0 bridgehead atoms. The summed E-state index contributed by atoms with van der Waals surface area (Å²) in [6, 6.07) is 6.77. The Morgan fingerprint density at radius 1 is 1.21 bits per heavy atom. The molecule has 0 unspecified atom stereocenters. The molecule has 28 heavy (non-hydrogen) atoms. The fourth-order valence-electron chi connectivity index (χ4n) is 2.36. The third-order valence-electron chi connectivity index (χ3n) is 3.69. The van der Waals surface area contributed by atoms with Crippen LogP contribution in [0.25, 0.3) is 0 Å². The fraction of sp³-hybridized carbons (Fsp3) is 0.111. The summed E-state index contributed by atoms with van der Waals surface area (Å²) in [6.07, 6.45) is -2.87. The predicted octanol–water partition coefficient (Wildman–Crippen LogP) is 6.56. The van der Waals surface area contributed by atoms with Crippen LogP contribution in [-0.2, 0) is 12.6 Å². The Morgan fingerprint density at radius 3 is 2.64 bits per heavy atom. The SMILES string of the molecule is O=C(Nc1ncc(Cc2cc(C(F)(F)F)ccc2Cl)s1)c1ccc(F)cc1Br. The van der Waals surface area contributed by atoms with E-state index in [0.29, 0.717) is 10.4 Å². The Hall–Kier alpha value is -1.97. The highest BCUT2D eigenvalue weighted by molar-refractivity contribution is 9.10. The van der Waals surface area contributed by atoms with Gasteiger partial charge in [0, 0.05) is 27.0 Å². The second-order valence-corrected chi connectivity index (χ2v) is 8.07. The zero-order valence-electron chi connectivity index (χ0n) is 13.8. The van der Waals surface area contributed by atoms with Gasteiger partial charge in [-0.1, -0.05) is 11.6 Å². The maximum Gasteiger partial charge on any atom is 0.416 e. The van der Waals surface area contributed by atoms with Gasteiger partial charge in [-0.3, -0.25) is 10.1 Å². The molecule has 146 valence electrons. The maximum absolute atomic E-state index is 13.1.